The molecule has 3 rings (SSSR count). The summed E-state index contributed by atoms with van der Waals surface area (Å²) in [7, 11) is 6.23. The van der Waals surface area contributed by atoms with Crippen LogP contribution in [-0.2, 0) is 4.84 Å². The van der Waals surface area contributed by atoms with Gasteiger partial charge in [-0.2, -0.15) is 0 Å². The third-order valence-electron chi connectivity index (χ3n) is 4.17. The largest absolute Gasteiger partial charge is 0.493 e. The zero-order valence-electron chi connectivity index (χ0n) is 16.5. The van der Waals surface area contributed by atoms with E-state index in [1.54, 1.807) is 21.3 Å². The highest BCUT2D eigenvalue weighted by Crippen LogP contribution is 2.39. The maximum atomic E-state index is 5.45. The summed E-state index contributed by atoms with van der Waals surface area (Å²) in [6.07, 6.45) is 0. The molecule has 7 heteroatoms. The van der Waals surface area contributed by atoms with Crippen LogP contribution in [0, 0.1) is 6.92 Å². The first-order valence-electron chi connectivity index (χ1n) is 8.55. The van der Waals surface area contributed by atoms with E-state index in [9.17, 15) is 0 Å². The van der Waals surface area contributed by atoms with Crippen LogP contribution in [0.1, 0.15) is 16.1 Å². The molecule has 0 atom stereocenters. The molecule has 1 heterocycles. The van der Waals surface area contributed by atoms with Gasteiger partial charge in [0.1, 0.15) is 17.8 Å². The monoisotopic (exact) mass is 398 g/mol. The molecular weight excluding hydrogens is 376 g/mol. The first-order valence-corrected chi connectivity index (χ1v) is 9.43. The third-order valence-corrected chi connectivity index (χ3v) is 5.02. The predicted octanol–water partition coefficient (Wildman–Crippen LogP) is 4.54. The molecular formula is C21H22N2O4S. The molecule has 0 N–H and O–H groups in total. The number of ether oxygens (including phenoxy) is 3. The van der Waals surface area contributed by atoms with Gasteiger partial charge in [0.2, 0.25) is 5.75 Å². The quantitative estimate of drug-likeness (QED) is 0.432. The van der Waals surface area contributed by atoms with Gasteiger partial charge in [-0.1, -0.05) is 35.0 Å². The molecule has 0 aliphatic rings. The van der Waals surface area contributed by atoms with E-state index in [1.165, 1.54) is 24.0 Å². The second-order valence-electron chi connectivity index (χ2n) is 5.94. The van der Waals surface area contributed by atoms with Crippen LogP contribution in [-0.4, -0.2) is 39.1 Å². The van der Waals surface area contributed by atoms with Crippen molar-refractivity contribution in [2.24, 2.45) is 5.16 Å². The van der Waals surface area contributed by atoms with Crippen molar-refractivity contribution in [2.75, 3.05) is 28.4 Å². The molecule has 0 aliphatic heterocycles. The maximum absolute atomic E-state index is 5.45. The first kappa shape index (κ1) is 19.7. The Hall–Kier alpha value is -3.06. The van der Waals surface area contributed by atoms with E-state index in [-0.39, 0.29) is 0 Å². The molecule has 0 spiro atoms. The van der Waals surface area contributed by atoms with E-state index < -0.39 is 0 Å². The van der Waals surface area contributed by atoms with E-state index in [1.807, 2.05) is 17.5 Å². The topological polar surface area (TPSA) is 62.2 Å². The van der Waals surface area contributed by atoms with Crippen molar-refractivity contribution in [2.45, 2.75) is 6.92 Å². The molecule has 0 radical (unpaired) electrons. The van der Waals surface area contributed by atoms with Crippen molar-refractivity contribution in [3.63, 3.8) is 0 Å². The summed E-state index contributed by atoms with van der Waals surface area (Å²) in [6.45, 7) is 2.06. The number of hydrogen-bond donors (Lipinski definition) is 0. The van der Waals surface area contributed by atoms with Crippen LogP contribution in [0.2, 0.25) is 0 Å². The summed E-state index contributed by atoms with van der Waals surface area (Å²) in [6, 6.07) is 11.9. The van der Waals surface area contributed by atoms with Crippen LogP contribution < -0.4 is 14.2 Å². The first-order chi connectivity index (χ1) is 13.6. The molecule has 0 saturated carbocycles. The van der Waals surface area contributed by atoms with Gasteiger partial charge >= 0.3 is 0 Å². The number of nitrogens with zero attached hydrogens (tertiary/aromatic N) is 2. The Morgan fingerprint density at radius 2 is 1.57 bits per heavy atom. The summed E-state index contributed by atoms with van der Waals surface area (Å²) >= 11 is 1.49. The summed E-state index contributed by atoms with van der Waals surface area (Å²) in [5, 5.41) is 6.94. The van der Waals surface area contributed by atoms with Gasteiger partial charge in [0.15, 0.2) is 11.5 Å². The normalized spacial score (nSPS) is 11.2. The van der Waals surface area contributed by atoms with Crippen LogP contribution in [0.4, 0.5) is 0 Å². The van der Waals surface area contributed by atoms with Crippen molar-refractivity contribution in [1.82, 2.24) is 4.98 Å². The van der Waals surface area contributed by atoms with E-state index >= 15 is 0 Å². The standard InChI is InChI=1S/C21H22N2O4S/c1-13-6-8-14(9-7-13)16-12-28-21(22-16)19(23-27-5)15-10-17(24-2)20(26-4)18(11-15)25-3/h6-12H,1-5H3/b23-19-. The third kappa shape index (κ3) is 3.94. The van der Waals surface area contributed by atoms with Gasteiger partial charge in [-0.05, 0) is 19.1 Å². The summed E-state index contributed by atoms with van der Waals surface area (Å²) < 4.78 is 16.3. The van der Waals surface area contributed by atoms with Gasteiger partial charge in [0, 0.05) is 16.5 Å². The number of thiazole rings is 1. The Balaban J connectivity index is 2.06. The summed E-state index contributed by atoms with van der Waals surface area (Å²) in [5.74, 6) is 1.59. The van der Waals surface area contributed by atoms with E-state index in [4.69, 9.17) is 24.0 Å². The summed E-state index contributed by atoms with van der Waals surface area (Å²) in [5.41, 5.74) is 4.48. The minimum absolute atomic E-state index is 0.519. The van der Waals surface area contributed by atoms with Crippen molar-refractivity contribution in [3.05, 3.63) is 57.9 Å². The van der Waals surface area contributed by atoms with Gasteiger partial charge in [-0.15, -0.1) is 11.3 Å². The van der Waals surface area contributed by atoms with Gasteiger partial charge < -0.3 is 19.0 Å². The molecule has 3 aromatic rings. The highest BCUT2D eigenvalue weighted by atomic mass is 32.1. The molecule has 28 heavy (non-hydrogen) atoms. The van der Waals surface area contributed by atoms with Gasteiger partial charge in [-0.25, -0.2) is 4.98 Å². The van der Waals surface area contributed by atoms with Gasteiger partial charge in [0.05, 0.1) is 27.0 Å². The Labute approximate surface area is 168 Å². The fourth-order valence-corrected chi connectivity index (χ4v) is 3.59. The van der Waals surface area contributed by atoms with Crippen LogP contribution >= 0.6 is 11.3 Å². The molecule has 2 aromatic carbocycles. The minimum atomic E-state index is 0.519. The zero-order valence-corrected chi connectivity index (χ0v) is 17.3. The lowest BCUT2D eigenvalue weighted by atomic mass is 10.1. The second kappa shape index (κ2) is 8.75. The highest BCUT2D eigenvalue weighted by Gasteiger charge is 2.20. The fraction of sp³-hybridized carbons (Fsp3) is 0.238. The average molecular weight is 398 g/mol. The molecule has 0 unspecified atom stereocenters. The number of benzene rings is 2. The summed E-state index contributed by atoms with van der Waals surface area (Å²) in [4.78, 5) is 9.84. The lowest BCUT2D eigenvalue weighted by Gasteiger charge is -2.14. The number of oxime groups is 1. The molecule has 0 fully saturated rings. The van der Waals surface area contributed by atoms with Crippen LogP contribution in [0.5, 0.6) is 17.2 Å². The smallest absolute Gasteiger partial charge is 0.203 e. The van der Waals surface area contributed by atoms with E-state index in [0.717, 1.165) is 21.8 Å². The van der Waals surface area contributed by atoms with Crippen LogP contribution in [0.25, 0.3) is 11.3 Å². The highest BCUT2D eigenvalue weighted by molar-refractivity contribution is 7.12. The lowest BCUT2D eigenvalue weighted by molar-refractivity contribution is 0.214. The Morgan fingerprint density at radius 3 is 2.11 bits per heavy atom. The molecule has 0 saturated heterocycles. The molecule has 146 valence electrons. The number of hydrogen-bond acceptors (Lipinski definition) is 7. The number of aryl methyl sites for hydroxylation is 1. The minimum Gasteiger partial charge on any atom is -0.493 e. The van der Waals surface area contributed by atoms with Crippen LogP contribution in [0.3, 0.4) is 0 Å². The number of rotatable bonds is 7. The van der Waals surface area contributed by atoms with E-state index in [0.29, 0.717) is 23.0 Å². The van der Waals surface area contributed by atoms with Gasteiger partial charge in [-0.3, -0.25) is 0 Å². The van der Waals surface area contributed by atoms with Crippen molar-refractivity contribution in [1.29, 1.82) is 0 Å². The molecule has 1 aromatic heterocycles. The Morgan fingerprint density at radius 1 is 0.929 bits per heavy atom. The molecule has 0 bridgehead atoms. The fourth-order valence-electron chi connectivity index (χ4n) is 2.76. The van der Waals surface area contributed by atoms with Gasteiger partial charge in [0.25, 0.3) is 0 Å². The zero-order chi connectivity index (χ0) is 20.1. The average Bonchev–Trinajstić information content (AvgIpc) is 3.21. The van der Waals surface area contributed by atoms with E-state index in [2.05, 4.69) is 36.3 Å². The Bertz CT molecular complexity index is 955. The maximum Gasteiger partial charge on any atom is 0.203 e. The Kier molecular flexibility index (Phi) is 6.16. The molecule has 0 aliphatic carbocycles. The van der Waals surface area contributed by atoms with Crippen molar-refractivity contribution >= 4 is 17.0 Å². The number of methoxy groups -OCH3 is 3. The predicted molar refractivity (Wildman–Crippen MR) is 111 cm³/mol. The molecule has 6 nitrogen and oxygen atoms in total. The second-order valence-corrected chi connectivity index (χ2v) is 6.80. The SMILES string of the molecule is CO/N=C(/c1cc(OC)c(OC)c(OC)c1)c1nc(-c2ccc(C)cc2)cs1. The lowest BCUT2D eigenvalue weighted by Crippen LogP contribution is -2.06. The molecule has 0 amide bonds. The van der Waals surface area contributed by atoms with Crippen LogP contribution in [0.15, 0.2) is 46.9 Å². The van der Waals surface area contributed by atoms with Crippen molar-refractivity contribution < 1.29 is 19.0 Å². The van der Waals surface area contributed by atoms with Crippen molar-refractivity contribution in [3.8, 4) is 28.5 Å². The number of aromatic nitrogens is 1.